The second kappa shape index (κ2) is 3.98. The summed E-state index contributed by atoms with van der Waals surface area (Å²) in [5.41, 5.74) is 3.44. The van der Waals surface area contributed by atoms with Crippen molar-refractivity contribution in [2.75, 3.05) is 0 Å². The van der Waals surface area contributed by atoms with E-state index < -0.39 is 0 Å². The normalized spacial score (nSPS) is 11.1. The lowest BCUT2D eigenvalue weighted by Crippen LogP contribution is -1.91. The number of aromatic nitrogens is 3. The van der Waals surface area contributed by atoms with E-state index in [4.69, 9.17) is 5.11 Å². The maximum absolute atomic E-state index is 9.03. The Balaban J connectivity index is 2.54. The van der Waals surface area contributed by atoms with Crippen molar-refractivity contribution in [1.29, 1.82) is 0 Å². The molecule has 2 heterocycles. The van der Waals surface area contributed by atoms with Crippen molar-refractivity contribution in [3.8, 4) is 0 Å². The maximum atomic E-state index is 9.03. The first-order valence-electron chi connectivity index (χ1n) is 5.20. The third-order valence-corrected chi connectivity index (χ3v) is 2.39. The predicted octanol–water partition coefficient (Wildman–Crippen LogP) is 1.71. The Labute approximate surface area is 88.4 Å². The molecule has 0 aliphatic rings. The number of nitrogens with zero attached hydrogens (tertiary/aromatic N) is 2. The Hall–Kier alpha value is -1.42. The first-order valence-corrected chi connectivity index (χ1v) is 5.20. The molecule has 4 heteroatoms. The van der Waals surface area contributed by atoms with Crippen molar-refractivity contribution >= 4 is 11.2 Å². The van der Waals surface area contributed by atoms with Gasteiger partial charge in [-0.1, -0.05) is 6.92 Å². The van der Waals surface area contributed by atoms with Gasteiger partial charge in [0.05, 0.1) is 12.3 Å². The monoisotopic (exact) mass is 205 g/mol. The Morgan fingerprint density at radius 2 is 2.20 bits per heavy atom. The van der Waals surface area contributed by atoms with Gasteiger partial charge in [-0.15, -0.1) is 0 Å². The molecule has 4 nitrogen and oxygen atoms in total. The largest absolute Gasteiger partial charge is 0.390 e. The van der Waals surface area contributed by atoms with Crippen LogP contribution in [0.1, 0.15) is 30.4 Å². The van der Waals surface area contributed by atoms with Gasteiger partial charge in [-0.25, -0.2) is 9.97 Å². The molecule has 0 fully saturated rings. The van der Waals surface area contributed by atoms with E-state index in [9.17, 15) is 0 Å². The van der Waals surface area contributed by atoms with E-state index >= 15 is 0 Å². The molecule has 2 aromatic heterocycles. The van der Waals surface area contributed by atoms with Crippen molar-refractivity contribution < 1.29 is 5.11 Å². The van der Waals surface area contributed by atoms with Crippen LogP contribution in [0.15, 0.2) is 6.07 Å². The molecule has 0 bridgehead atoms. The second-order valence-corrected chi connectivity index (χ2v) is 3.72. The molecule has 2 rings (SSSR count). The van der Waals surface area contributed by atoms with E-state index in [1.54, 1.807) is 0 Å². The van der Waals surface area contributed by atoms with Crippen LogP contribution in [0.5, 0.6) is 0 Å². The van der Waals surface area contributed by atoms with Crippen molar-refractivity contribution in [2.24, 2.45) is 0 Å². The number of pyridine rings is 1. The van der Waals surface area contributed by atoms with Gasteiger partial charge >= 0.3 is 0 Å². The maximum Gasteiger partial charge on any atom is 0.157 e. The lowest BCUT2D eigenvalue weighted by atomic mass is 10.2. The van der Waals surface area contributed by atoms with Crippen LogP contribution >= 0.6 is 0 Å². The van der Waals surface area contributed by atoms with E-state index in [-0.39, 0.29) is 6.61 Å². The van der Waals surface area contributed by atoms with Gasteiger partial charge in [-0.3, -0.25) is 0 Å². The fourth-order valence-corrected chi connectivity index (χ4v) is 1.70. The van der Waals surface area contributed by atoms with Gasteiger partial charge in [0.1, 0.15) is 11.3 Å². The standard InChI is InChI=1S/C11H15N3O/c1-3-4-9-13-10-7(2)5-8(6-15)12-11(10)14-9/h5,15H,3-4,6H2,1-2H3,(H,12,13,14). The van der Waals surface area contributed by atoms with E-state index in [1.807, 2.05) is 13.0 Å². The highest BCUT2D eigenvalue weighted by Gasteiger charge is 2.07. The zero-order chi connectivity index (χ0) is 10.8. The Morgan fingerprint density at radius 1 is 1.40 bits per heavy atom. The van der Waals surface area contributed by atoms with Crippen LogP contribution in [-0.2, 0) is 13.0 Å². The van der Waals surface area contributed by atoms with Crippen LogP contribution in [0, 0.1) is 6.92 Å². The van der Waals surface area contributed by atoms with Crippen LogP contribution in [0.4, 0.5) is 0 Å². The Kier molecular flexibility index (Phi) is 2.68. The highest BCUT2D eigenvalue weighted by Crippen LogP contribution is 2.16. The number of aliphatic hydroxyl groups is 1. The second-order valence-electron chi connectivity index (χ2n) is 3.72. The van der Waals surface area contributed by atoms with Gasteiger partial charge in [-0.2, -0.15) is 0 Å². The lowest BCUT2D eigenvalue weighted by Gasteiger charge is -1.97. The first-order chi connectivity index (χ1) is 7.24. The summed E-state index contributed by atoms with van der Waals surface area (Å²) in [6.45, 7) is 4.07. The molecule has 0 atom stereocenters. The minimum atomic E-state index is -0.0289. The molecular weight excluding hydrogens is 190 g/mol. The molecule has 80 valence electrons. The molecule has 0 aromatic carbocycles. The van der Waals surface area contributed by atoms with Gasteiger partial charge in [0.15, 0.2) is 5.65 Å². The number of aliphatic hydroxyl groups excluding tert-OH is 1. The number of aryl methyl sites for hydroxylation is 2. The van der Waals surface area contributed by atoms with Gasteiger partial charge in [0.2, 0.25) is 0 Å². The number of imidazole rings is 1. The van der Waals surface area contributed by atoms with E-state index in [0.717, 1.165) is 35.4 Å². The van der Waals surface area contributed by atoms with E-state index in [2.05, 4.69) is 21.9 Å². The molecule has 0 saturated heterocycles. The number of fused-ring (bicyclic) bond motifs is 1. The fourth-order valence-electron chi connectivity index (χ4n) is 1.70. The minimum absolute atomic E-state index is 0.0289. The van der Waals surface area contributed by atoms with E-state index in [0.29, 0.717) is 5.69 Å². The van der Waals surface area contributed by atoms with Crippen LogP contribution in [0.3, 0.4) is 0 Å². The number of H-pyrrole nitrogens is 1. The average Bonchev–Trinajstić information content (AvgIpc) is 2.61. The van der Waals surface area contributed by atoms with Crippen molar-refractivity contribution in [2.45, 2.75) is 33.3 Å². The van der Waals surface area contributed by atoms with Crippen LogP contribution < -0.4 is 0 Å². The third kappa shape index (κ3) is 1.85. The van der Waals surface area contributed by atoms with E-state index in [1.165, 1.54) is 0 Å². The summed E-state index contributed by atoms with van der Waals surface area (Å²) in [7, 11) is 0. The van der Waals surface area contributed by atoms with Gasteiger partial charge in [0.25, 0.3) is 0 Å². The van der Waals surface area contributed by atoms with Gasteiger partial charge in [-0.05, 0) is 25.0 Å². The topological polar surface area (TPSA) is 61.8 Å². The Morgan fingerprint density at radius 3 is 2.87 bits per heavy atom. The molecule has 0 aliphatic heterocycles. The molecule has 15 heavy (non-hydrogen) atoms. The average molecular weight is 205 g/mol. The van der Waals surface area contributed by atoms with Crippen molar-refractivity contribution in [3.05, 3.63) is 23.1 Å². The lowest BCUT2D eigenvalue weighted by molar-refractivity contribution is 0.277. The summed E-state index contributed by atoms with van der Waals surface area (Å²) in [5, 5.41) is 9.03. The van der Waals surface area contributed by atoms with Gasteiger partial charge < -0.3 is 10.1 Å². The molecule has 0 spiro atoms. The zero-order valence-electron chi connectivity index (χ0n) is 9.04. The summed E-state index contributed by atoms with van der Waals surface area (Å²) < 4.78 is 0. The molecule has 0 amide bonds. The Bertz CT molecular complexity index is 476. The molecule has 0 radical (unpaired) electrons. The molecule has 0 aliphatic carbocycles. The minimum Gasteiger partial charge on any atom is -0.390 e. The summed E-state index contributed by atoms with van der Waals surface area (Å²) >= 11 is 0. The number of nitrogens with one attached hydrogen (secondary N) is 1. The molecule has 0 unspecified atom stereocenters. The number of hydrogen-bond donors (Lipinski definition) is 2. The van der Waals surface area contributed by atoms with Crippen molar-refractivity contribution in [3.63, 3.8) is 0 Å². The van der Waals surface area contributed by atoms with Crippen LogP contribution in [-0.4, -0.2) is 20.1 Å². The summed E-state index contributed by atoms with van der Waals surface area (Å²) in [4.78, 5) is 11.9. The number of aromatic amines is 1. The molecule has 2 N–H and O–H groups in total. The molecule has 2 aromatic rings. The summed E-state index contributed by atoms with van der Waals surface area (Å²) in [6.07, 6.45) is 2.00. The van der Waals surface area contributed by atoms with Crippen LogP contribution in [0.25, 0.3) is 11.2 Å². The molecular formula is C11H15N3O. The highest BCUT2D eigenvalue weighted by molar-refractivity contribution is 5.74. The van der Waals surface area contributed by atoms with Crippen molar-refractivity contribution in [1.82, 2.24) is 15.0 Å². The number of hydrogen-bond acceptors (Lipinski definition) is 3. The molecule has 0 saturated carbocycles. The zero-order valence-corrected chi connectivity index (χ0v) is 9.04. The summed E-state index contributed by atoms with van der Waals surface area (Å²) in [6, 6.07) is 1.87. The van der Waals surface area contributed by atoms with Crippen LogP contribution in [0.2, 0.25) is 0 Å². The fraction of sp³-hybridized carbons (Fsp3) is 0.455. The number of rotatable bonds is 3. The third-order valence-electron chi connectivity index (χ3n) is 2.39. The first kappa shape index (κ1) is 10.1. The summed E-state index contributed by atoms with van der Waals surface area (Å²) in [5.74, 6) is 0.971. The predicted molar refractivity (Wildman–Crippen MR) is 58.5 cm³/mol. The quantitative estimate of drug-likeness (QED) is 0.801. The highest BCUT2D eigenvalue weighted by atomic mass is 16.3. The van der Waals surface area contributed by atoms with Gasteiger partial charge in [0, 0.05) is 6.42 Å². The SMILES string of the molecule is CCCc1nc2c(C)cc(CO)nc2[nH]1. The smallest absolute Gasteiger partial charge is 0.157 e.